The van der Waals surface area contributed by atoms with Crippen molar-refractivity contribution in [2.24, 2.45) is 5.41 Å². The molecule has 1 aliphatic heterocycles. The Morgan fingerprint density at radius 1 is 1.25 bits per heavy atom. The van der Waals surface area contributed by atoms with Crippen molar-refractivity contribution in [3.05, 3.63) is 11.6 Å². The lowest BCUT2D eigenvalue weighted by atomic mass is 9.80. The molecule has 0 atom stereocenters. The molecule has 1 rings (SSSR count). The summed E-state index contributed by atoms with van der Waals surface area (Å²) in [6.07, 6.45) is 1.88. The number of hydrogen-bond donors (Lipinski definition) is 1. The summed E-state index contributed by atoms with van der Waals surface area (Å²) in [6.45, 7) is 13.3. The maximum absolute atomic E-state index is 12.3. The lowest BCUT2D eigenvalue weighted by molar-refractivity contribution is -0.186. The first-order chi connectivity index (χ1) is 6.90. The predicted octanol–water partition coefficient (Wildman–Crippen LogP) is 2.79. The molecule has 0 spiro atoms. The molecule has 0 bridgehead atoms. The normalized spacial score (nSPS) is 24.4. The van der Waals surface area contributed by atoms with Crippen molar-refractivity contribution in [3.8, 4) is 0 Å². The van der Waals surface area contributed by atoms with Crippen molar-refractivity contribution in [3.63, 3.8) is 0 Å². The van der Waals surface area contributed by atoms with E-state index in [1.807, 2.05) is 54.5 Å². The molecule has 1 aliphatic rings. The molecule has 16 heavy (non-hydrogen) atoms. The van der Waals surface area contributed by atoms with E-state index in [9.17, 15) is 10.0 Å². The van der Waals surface area contributed by atoms with Gasteiger partial charge in [0.2, 0.25) is 0 Å². The van der Waals surface area contributed by atoms with Crippen LogP contribution in [0.15, 0.2) is 11.6 Å². The smallest absolute Gasteiger partial charge is 0.165 e. The molecule has 0 saturated heterocycles. The van der Waals surface area contributed by atoms with Crippen LogP contribution in [-0.4, -0.2) is 27.1 Å². The maximum atomic E-state index is 12.3. The van der Waals surface area contributed by atoms with Crippen molar-refractivity contribution in [1.82, 2.24) is 5.06 Å². The molecule has 0 aliphatic carbocycles. The van der Waals surface area contributed by atoms with Crippen LogP contribution < -0.4 is 0 Å². The van der Waals surface area contributed by atoms with E-state index < -0.39 is 16.5 Å². The molecule has 0 saturated carbocycles. The average Bonchev–Trinajstić information content (AvgIpc) is 2.24. The third kappa shape index (κ3) is 1.94. The van der Waals surface area contributed by atoms with Gasteiger partial charge < -0.3 is 5.21 Å². The number of carbonyl (C=O) groups excluding carboxylic acids is 1. The topological polar surface area (TPSA) is 40.5 Å². The Labute approximate surface area is 98.1 Å². The van der Waals surface area contributed by atoms with E-state index in [-0.39, 0.29) is 5.78 Å². The average molecular weight is 225 g/mol. The first-order valence-corrected chi connectivity index (χ1v) is 5.68. The summed E-state index contributed by atoms with van der Waals surface area (Å²) in [5.41, 5.74) is -0.815. The van der Waals surface area contributed by atoms with Gasteiger partial charge in [0, 0.05) is 11.0 Å². The molecule has 0 aromatic heterocycles. The molecule has 0 amide bonds. The van der Waals surface area contributed by atoms with Crippen molar-refractivity contribution in [1.29, 1.82) is 0 Å². The van der Waals surface area contributed by atoms with Crippen molar-refractivity contribution in [2.45, 2.75) is 59.5 Å². The zero-order valence-electron chi connectivity index (χ0n) is 11.4. The number of hydrogen-bond acceptors (Lipinski definition) is 3. The Kier molecular flexibility index (Phi) is 2.85. The van der Waals surface area contributed by atoms with Gasteiger partial charge in [0.25, 0.3) is 0 Å². The minimum Gasteiger partial charge on any atom is -0.312 e. The fourth-order valence-corrected chi connectivity index (χ4v) is 2.17. The van der Waals surface area contributed by atoms with Gasteiger partial charge in [-0.3, -0.25) is 4.79 Å². The highest BCUT2D eigenvalue weighted by Gasteiger charge is 2.49. The zero-order chi connectivity index (χ0) is 12.9. The maximum Gasteiger partial charge on any atom is 0.165 e. The molecular formula is C13H23NO2. The molecule has 92 valence electrons. The number of rotatable bonds is 1. The van der Waals surface area contributed by atoms with E-state index in [4.69, 9.17) is 0 Å². The second-order valence-corrected chi connectivity index (χ2v) is 6.66. The van der Waals surface area contributed by atoms with Crippen LogP contribution in [0.2, 0.25) is 0 Å². The van der Waals surface area contributed by atoms with E-state index in [1.165, 1.54) is 5.06 Å². The van der Waals surface area contributed by atoms with Gasteiger partial charge >= 0.3 is 0 Å². The molecule has 1 heterocycles. The lowest BCUT2D eigenvalue weighted by Gasteiger charge is -2.36. The third-order valence-electron chi connectivity index (χ3n) is 3.16. The van der Waals surface area contributed by atoms with Crippen LogP contribution in [-0.2, 0) is 4.79 Å². The highest BCUT2D eigenvalue weighted by molar-refractivity contribution is 6.01. The molecule has 0 unspecified atom stereocenters. The summed E-state index contributed by atoms with van der Waals surface area (Å²) < 4.78 is 0. The Bertz CT molecular complexity index is 345. The van der Waals surface area contributed by atoms with Gasteiger partial charge in [-0.05, 0) is 27.7 Å². The fraction of sp³-hybridized carbons (Fsp3) is 0.769. The van der Waals surface area contributed by atoms with Crippen molar-refractivity contribution in [2.75, 3.05) is 0 Å². The van der Waals surface area contributed by atoms with Crippen LogP contribution in [0.5, 0.6) is 0 Å². The summed E-state index contributed by atoms with van der Waals surface area (Å²) in [7, 11) is 0. The summed E-state index contributed by atoms with van der Waals surface area (Å²) in [5.74, 6) is 0.0992. The summed E-state index contributed by atoms with van der Waals surface area (Å²) >= 11 is 0. The highest BCUT2D eigenvalue weighted by atomic mass is 16.5. The van der Waals surface area contributed by atoms with Gasteiger partial charge in [-0.25, -0.2) is 0 Å². The number of carbonyl (C=O) groups is 1. The van der Waals surface area contributed by atoms with Crippen LogP contribution in [0.25, 0.3) is 0 Å². The Balaban J connectivity index is 3.21. The molecule has 0 radical (unpaired) electrons. The van der Waals surface area contributed by atoms with E-state index in [1.54, 1.807) is 0 Å². The molecular weight excluding hydrogens is 202 g/mol. The number of ketones is 1. The van der Waals surface area contributed by atoms with Crippen LogP contribution >= 0.6 is 0 Å². The predicted molar refractivity (Wildman–Crippen MR) is 64.3 cm³/mol. The Hall–Kier alpha value is -0.670. The second kappa shape index (κ2) is 3.41. The largest absolute Gasteiger partial charge is 0.312 e. The third-order valence-corrected chi connectivity index (χ3v) is 3.16. The summed E-state index contributed by atoms with van der Waals surface area (Å²) in [4.78, 5) is 12.3. The first-order valence-electron chi connectivity index (χ1n) is 5.68. The first kappa shape index (κ1) is 13.4. The van der Waals surface area contributed by atoms with Gasteiger partial charge in [0.05, 0.1) is 11.1 Å². The van der Waals surface area contributed by atoms with Gasteiger partial charge in [-0.2, -0.15) is 5.06 Å². The molecule has 0 fully saturated rings. The molecule has 3 nitrogen and oxygen atoms in total. The van der Waals surface area contributed by atoms with Gasteiger partial charge in [0.1, 0.15) is 0 Å². The summed E-state index contributed by atoms with van der Waals surface area (Å²) in [5, 5.41) is 11.4. The van der Waals surface area contributed by atoms with Gasteiger partial charge in [-0.1, -0.05) is 26.8 Å². The standard InChI is InChI=1S/C13H23NO2/c1-11(2,3)10(15)9-8-12(4,5)14(16)13(9,6)7/h8,16H,1-7H3. The quantitative estimate of drug-likeness (QED) is 0.746. The Morgan fingerprint density at radius 3 is 1.94 bits per heavy atom. The zero-order valence-corrected chi connectivity index (χ0v) is 11.4. The van der Waals surface area contributed by atoms with Crippen molar-refractivity contribution < 1.29 is 10.0 Å². The lowest BCUT2D eigenvalue weighted by Crippen LogP contribution is -2.49. The highest BCUT2D eigenvalue weighted by Crippen LogP contribution is 2.41. The number of hydroxylamine groups is 2. The summed E-state index contributed by atoms with van der Waals surface area (Å²) in [6, 6.07) is 0. The number of Topliss-reactive ketones (excluding diaryl/α,β-unsaturated/α-hetero) is 1. The van der Waals surface area contributed by atoms with Gasteiger partial charge in [0.15, 0.2) is 5.78 Å². The van der Waals surface area contributed by atoms with Crippen LogP contribution in [0.4, 0.5) is 0 Å². The van der Waals surface area contributed by atoms with E-state index in [0.29, 0.717) is 5.57 Å². The van der Waals surface area contributed by atoms with Gasteiger partial charge in [-0.15, -0.1) is 0 Å². The SMILES string of the molecule is CC(C)(C)C(=O)C1=CC(C)(C)N(O)C1(C)C. The second-order valence-electron chi connectivity index (χ2n) is 6.66. The number of nitrogens with zero attached hydrogens (tertiary/aromatic N) is 1. The Morgan fingerprint density at radius 2 is 1.69 bits per heavy atom. The van der Waals surface area contributed by atoms with Crippen LogP contribution in [0, 0.1) is 5.41 Å². The van der Waals surface area contributed by atoms with E-state index >= 15 is 0 Å². The molecule has 1 N–H and O–H groups in total. The fourth-order valence-electron chi connectivity index (χ4n) is 2.17. The molecule has 0 aromatic carbocycles. The van der Waals surface area contributed by atoms with E-state index in [0.717, 1.165) is 0 Å². The van der Waals surface area contributed by atoms with E-state index in [2.05, 4.69) is 0 Å². The molecule has 0 aromatic rings. The monoisotopic (exact) mass is 225 g/mol. The van der Waals surface area contributed by atoms with Crippen LogP contribution in [0.3, 0.4) is 0 Å². The van der Waals surface area contributed by atoms with Crippen molar-refractivity contribution >= 4 is 5.78 Å². The van der Waals surface area contributed by atoms with Crippen LogP contribution in [0.1, 0.15) is 48.5 Å². The molecule has 3 heteroatoms. The minimum atomic E-state index is -0.617. The minimum absolute atomic E-state index is 0.0992.